The zero-order valence-electron chi connectivity index (χ0n) is 11.8. The Morgan fingerprint density at radius 1 is 1.40 bits per heavy atom. The quantitative estimate of drug-likeness (QED) is 0.859. The van der Waals surface area contributed by atoms with E-state index in [1.807, 2.05) is 12.1 Å². The van der Waals surface area contributed by atoms with Gasteiger partial charge in [-0.15, -0.1) is 0 Å². The van der Waals surface area contributed by atoms with E-state index in [2.05, 4.69) is 22.9 Å². The van der Waals surface area contributed by atoms with Gasteiger partial charge in [0.1, 0.15) is 5.75 Å². The van der Waals surface area contributed by atoms with Gasteiger partial charge in [0.2, 0.25) is 0 Å². The highest BCUT2D eigenvalue weighted by Gasteiger charge is 2.46. The van der Waals surface area contributed by atoms with Gasteiger partial charge < -0.3 is 10.2 Å². The second-order valence-corrected chi connectivity index (χ2v) is 7.02. The highest BCUT2D eigenvalue weighted by molar-refractivity contribution is 9.11. The maximum absolute atomic E-state index is 10.3. The van der Waals surface area contributed by atoms with Gasteiger partial charge in [-0.1, -0.05) is 41.8 Å². The van der Waals surface area contributed by atoms with Gasteiger partial charge in [0, 0.05) is 4.48 Å². The third-order valence-electron chi connectivity index (χ3n) is 4.89. The van der Waals surface area contributed by atoms with E-state index >= 15 is 0 Å². The van der Waals surface area contributed by atoms with Crippen molar-refractivity contribution in [1.82, 2.24) is 0 Å². The fourth-order valence-electron chi connectivity index (χ4n) is 3.90. The first-order valence-corrected chi connectivity index (χ1v) is 8.27. The average molecular weight is 337 g/mol. The lowest BCUT2D eigenvalue weighted by molar-refractivity contribution is 0.166. The number of phenols is 1. The Bertz CT molecular complexity index is 564. The molecular formula is C17H21BrO2. The van der Waals surface area contributed by atoms with Gasteiger partial charge in [-0.2, -0.15) is 0 Å². The molecule has 2 aliphatic rings. The number of aromatic hydroxyl groups is 1. The summed E-state index contributed by atoms with van der Waals surface area (Å²) < 4.78 is 0.959. The van der Waals surface area contributed by atoms with Crippen molar-refractivity contribution in [2.75, 3.05) is 0 Å². The average Bonchev–Trinajstić information content (AvgIpc) is 2.69. The number of fused-ring (bicyclic) bond motifs is 3. The fourth-order valence-corrected chi connectivity index (χ4v) is 4.69. The van der Waals surface area contributed by atoms with Crippen LogP contribution in [-0.4, -0.2) is 16.3 Å². The monoisotopic (exact) mass is 336 g/mol. The van der Waals surface area contributed by atoms with Gasteiger partial charge in [0.15, 0.2) is 0 Å². The summed E-state index contributed by atoms with van der Waals surface area (Å²) in [6.45, 7) is 2.22. The standard InChI is InChI=1S/C17H21BrO2/c1-2-3-7-17-8-6-11-9-12(19)4-5-13(11)15(17)16(18)14(20)10-17/h4-5,9,14,19-20H,2-3,6-8,10H2,1H3. The van der Waals surface area contributed by atoms with Crippen molar-refractivity contribution < 1.29 is 10.2 Å². The topological polar surface area (TPSA) is 40.5 Å². The Morgan fingerprint density at radius 2 is 2.20 bits per heavy atom. The summed E-state index contributed by atoms with van der Waals surface area (Å²) in [5.74, 6) is 0.333. The van der Waals surface area contributed by atoms with Crippen molar-refractivity contribution in [1.29, 1.82) is 0 Å². The molecule has 0 aliphatic heterocycles. The summed E-state index contributed by atoms with van der Waals surface area (Å²) in [4.78, 5) is 0. The first-order valence-electron chi connectivity index (χ1n) is 7.48. The molecule has 2 aliphatic carbocycles. The lowest BCUT2D eigenvalue weighted by Crippen LogP contribution is -2.26. The Balaban J connectivity index is 2.10. The van der Waals surface area contributed by atoms with Crippen molar-refractivity contribution >= 4 is 21.5 Å². The predicted molar refractivity (Wildman–Crippen MR) is 84.9 cm³/mol. The Hall–Kier alpha value is -0.800. The van der Waals surface area contributed by atoms with E-state index < -0.39 is 0 Å². The molecule has 0 heterocycles. The predicted octanol–water partition coefficient (Wildman–Crippen LogP) is 4.39. The molecule has 0 amide bonds. The summed E-state index contributed by atoms with van der Waals surface area (Å²) in [5, 5.41) is 20.0. The van der Waals surface area contributed by atoms with Crippen LogP contribution >= 0.6 is 15.9 Å². The lowest BCUT2D eigenvalue weighted by atomic mass is 9.66. The van der Waals surface area contributed by atoms with Crippen LogP contribution in [-0.2, 0) is 6.42 Å². The highest BCUT2D eigenvalue weighted by atomic mass is 79.9. The van der Waals surface area contributed by atoms with Crippen molar-refractivity contribution in [3.63, 3.8) is 0 Å². The third-order valence-corrected chi connectivity index (χ3v) is 5.81. The molecule has 2 N–H and O–H groups in total. The molecule has 0 saturated heterocycles. The molecule has 2 atom stereocenters. The van der Waals surface area contributed by atoms with E-state index in [1.54, 1.807) is 6.07 Å². The summed E-state index contributed by atoms with van der Waals surface area (Å²) in [6.07, 6.45) is 6.06. The number of aliphatic hydroxyl groups excluding tert-OH is 1. The molecule has 3 heteroatoms. The van der Waals surface area contributed by atoms with Crippen molar-refractivity contribution in [2.45, 2.75) is 51.6 Å². The zero-order valence-corrected chi connectivity index (χ0v) is 13.4. The van der Waals surface area contributed by atoms with Gasteiger partial charge in [-0.3, -0.25) is 0 Å². The second kappa shape index (κ2) is 5.19. The third kappa shape index (κ3) is 2.11. The normalized spacial score (nSPS) is 28.4. The number of unbranched alkanes of at least 4 members (excludes halogenated alkanes) is 1. The molecule has 1 aromatic carbocycles. The molecule has 0 aromatic heterocycles. The summed E-state index contributed by atoms with van der Waals surface area (Å²) in [7, 11) is 0. The van der Waals surface area contributed by atoms with E-state index in [0.717, 1.165) is 30.2 Å². The van der Waals surface area contributed by atoms with Crippen LogP contribution in [0.4, 0.5) is 0 Å². The van der Waals surface area contributed by atoms with Crippen LogP contribution in [0, 0.1) is 5.41 Å². The number of hydrogen-bond donors (Lipinski definition) is 2. The smallest absolute Gasteiger partial charge is 0.115 e. The molecule has 0 radical (unpaired) electrons. The van der Waals surface area contributed by atoms with Gasteiger partial charge >= 0.3 is 0 Å². The van der Waals surface area contributed by atoms with Crippen LogP contribution in [0.1, 0.15) is 50.2 Å². The first kappa shape index (κ1) is 14.2. The number of phenolic OH excluding ortho intramolecular Hbond substituents is 1. The van der Waals surface area contributed by atoms with E-state index in [-0.39, 0.29) is 11.5 Å². The molecule has 20 heavy (non-hydrogen) atoms. The Morgan fingerprint density at radius 3 is 2.95 bits per heavy atom. The molecule has 108 valence electrons. The van der Waals surface area contributed by atoms with Crippen molar-refractivity contribution in [3.8, 4) is 5.75 Å². The number of rotatable bonds is 3. The van der Waals surface area contributed by atoms with Gasteiger partial charge in [0.05, 0.1) is 6.10 Å². The van der Waals surface area contributed by atoms with Gasteiger partial charge in [0.25, 0.3) is 0 Å². The highest BCUT2D eigenvalue weighted by Crippen LogP contribution is 2.58. The Kier molecular flexibility index (Phi) is 3.67. The molecule has 0 spiro atoms. The minimum Gasteiger partial charge on any atom is -0.508 e. The molecule has 2 unspecified atom stereocenters. The number of halogens is 1. The van der Waals surface area contributed by atoms with Crippen LogP contribution in [0.3, 0.4) is 0 Å². The number of benzene rings is 1. The van der Waals surface area contributed by atoms with Gasteiger partial charge in [-0.05, 0) is 59.9 Å². The van der Waals surface area contributed by atoms with E-state index in [1.165, 1.54) is 29.5 Å². The largest absolute Gasteiger partial charge is 0.508 e. The number of allylic oxidation sites excluding steroid dienone is 1. The lowest BCUT2D eigenvalue weighted by Gasteiger charge is -2.38. The number of hydrogen-bond acceptors (Lipinski definition) is 2. The molecule has 0 fully saturated rings. The molecule has 1 aromatic rings. The minimum absolute atomic E-state index is 0.123. The minimum atomic E-state index is -0.374. The van der Waals surface area contributed by atoms with E-state index in [0.29, 0.717) is 5.75 Å². The summed E-state index contributed by atoms with van der Waals surface area (Å²) >= 11 is 3.63. The maximum atomic E-state index is 10.3. The first-order chi connectivity index (χ1) is 9.57. The van der Waals surface area contributed by atoms with Crippen LogP contribution in [0.25, 0.3) is 5.57 Å². The second-order valence-electron chi connectivity index (χ2n) is 6.17. The van der Waals surface area contributed by atoms with Crippen molar-refractivity contribution in [2.24, 2.45) is 5.41 Å². The maximum Gasteiger partial charge on any atom is 0.115 e. The molecular weight excluding hydrogens is 316 g/mol. The summed E-state index contributed by atoms with van der Waals surface area (Å²) in [5.41, 5.74) is 3.84. The SMILES string of the molecule is CCCCC12CCc3cc(O)ccc3C1=C(Br)C(O)C2. The zero-order chi connectivity index (χ0) is 14.3. The Labute approximate surface area is 128 Å². The van der Waals surface area contributed by atoms with E-state index in [4.69, 9.17) is 0 Å². The fraction of sp³-hybridized carbons (Fsp3) is 0.529. The van der Waals surface area contributed by atoms with Crippen molar-refractivity contribution in [3.05, 3.63) is 33.8 Å². The molecule has 0 saturated carbocycles. The molecule has 3 rings (SSSR count). The number of aliphatic hydroxyl groups is 1. The van der Waals surface area contributed by atoms with Crippen LogP contribution in [0.15, 0.2) is 22.7 Å². The van der Waals surface area contributed by atoms with Crippen LogP contribution in [0.2, 0.25) is 0 Å². The van der Waals surface area contributed by atoms with Crippen LogP contribution in [0.5, 0.6) is 5.75 Å². The molecule has 0 bridgehead atoms. The molecule has 2 nitrogen and oxygen atoms in total. The van der Waals surface area contributed by atoms with E-state index in [9.17, 15) is 10.2 Å². The number of aryl methyl sites for hydroxylation is 1. The van der Waals surface area contributed by atoms with Gasteiger partial charge in [-0.25, -0.2) is 0 Å². The van der Waals surface area contributed by atoms with Crippen LogP contribution < -0.4 is 0 Å². The summed E-state index contributed by atoms with van der Waals surface area (Å²) in [6, 6.07) is 5.64.